The molecule has 1 aromatic rings. The van der Waals surface area contributed by atoms with Gasteiger partial charge in [0.05, 0.1) is 5.60 Å². The summed E-state index contributed by atoms with van der Waals surface area (Å²) in [5.74, 6) is 4.96. The third-order valence-electron chi connectivity index (χ3n) is 5.21. The maximum atomic E-state index is 6.20. The third-order valence-corrected chi connectivity index (χ3v) is 6.20. The summed E-state index contributed by atoms with van der Waals surface area (Å²) in [7, 11) is 1.97. The van der Waals surface area contributed by atoms with Gasteiger partial charge in [-0.05, 0) is 44.1 Å². The van der Waals surface area contributed by atoms with Crippen LogP contribution in [-0.4, -0.2) is 57.0 Å². The quantitative estimate of drug-likeness (QED) is 0.462. The van der Waals surface area contributed by atoms with Crippen LogP contribution in [0.4, 0.5) is 0 Å². The summed E-state index contributed by atoms with van der Waals surface area (Å²) in [6.07, 6.45) is 6.20. The molecule has 2 N–H and O–H groups in total. The van der Waals surface area contributed by atoms with E-state index >= 15 is 0 Å². The molecule has 0 aliphatic carbocycles. The summed E-state index contributed by atoms with van der Waals surface area (Å²) in [4.78, 5) is 4.71. The van der Waals surface area contributed by atoms with Crippen molar-refractivity contribution < 1.29 is 4.74 Å². The molecular weight excluding hydrogens is 348 g/mol. The molecule has 0 amide bonds. The van der Waals surface area contributed by atoms with Crippen molar-refractivity contribution in [2.45, 2.75) is 50.8 Å². The summed E-state index contributed by atoms with van der Waals surface area (Å²) < 4.78 is 8.17. The number of hydrogen-bond donors (Lipinski definition) is 2. The molecule has 0 radical (unpaired) electrons. The largest absolute Gasteiger partial charge is 0.375 e. The van der Waals surface area contributed by atoms with Gasteiger partial charge in [-0.25, -0.2) is 4.99 Å². The zero-order valence-corrected chi connectivity index (χ0v) is 16.6. The number of nitrogens with zero attached hydrogens (tertiary/aromatic N) is 4. The molecule has 1 aromatic heterocycles. The molecule has 1 atom stereocenters. The standard InChI is InChI=1S/C18H30N6OS/c1-4-8-19-17(20-13-16-23-22-14(2)24(16)3)21-15-5-9-25-18(12-15)6-10-26-11-7-18/h4,15H,1,5-13H2,2-3H3,(H2,19,20,21). The Hall–Kier alpha value is -1.54. The fourth-order valence-corrected chi connectivity index (χ4v) is 4.73. The Labute approximate surface area is 160 Å². The summed E-state index contributed by atoms with van der Waals surface area (Å²) in [5.41, 5.74) is 0.0609. The van der Waals surface area contributed by atoms with Gasteiger partial charge in [-0.3, -0.25) is 0 Å². The molecule has 0 bridgehead atoms. The van der Waals surface area contributed by atoms with E-state index in [-0.39, 0.29) is 5.60 Å². The Morgan fingerprint density at radius 2 is 2.27 bits per heavy atom. The SMILES string of the molecule is C=CCNC(=NCc1nnc(C)n1C)NC1CCOC2(CCSCC2)C1. The molecular formula is C18H30N6OS. The molecule has 7 nitrogen and oxygen atoms in total. The Balaban J connectivity index is 1.64. The van der Waals surface area contributed by atoms with Crippen molar-refractivity contribution in [3.05, 3.63) is 24.3 Å². The van der Waals surface area contributed by atoms with Gasteiger partial charge < -0.3 is 19.9 Å². The van der Waals surface area contributed by atoms with E-state index in [0.29, 0.717) is 19.1 Å². The zero-order chi connectivity index (χ0) is 18.4. The van der Waals surface area contributed by atoms with Gasteiger partial charge in [-0.1, -0.05) is 6.08 Å². The van der Waals surface area contributed by atoms with E-state index in [0.717, 1.165) is 49.9 Å². The second-order valence-corrected chi connectivity index (χ2v) is 8.26. The van der Waals surface area contributed by atoms with Gasteiger partial charge in [-0.15, -0.1) is 16.8 Å². The minimum atomic E-state index is 0.0609. The van der Waals surface area contributed by atoms with E-state index in [9.17, 15) is 0 Å². The number of ether oxygens (including phenoxy) is 1. The van der Waals surface area contributed by atoms with Crippen LogP contribution in [-0.2, 0) is 18.3 Å². The number of aryl methyl sites for hydroxylation is 1. The van der Waals surface area contributed by atoms with Crippen molar-refractivity contribution in [1.29, 1.82) is 0 Å². The highest BCUT2D eigenvalue weighted by molar-refractivity contribution is 7.99. The van der Waals surface area contributed by atoms with Gasteiger partial charge in [-0.2, -0.15) is 11.8 Å². The van der Waals surface area contributed by atoms with Gasteiger partial charge in [0.25, 0.3) is 0 Å². The summed E-state index contributed by atoms with van der Waals surface area (Å²) in [5, 5.41) is 15.2. The van der Waals surface area contributed by atoms with Crippen molar-refractivity contribution in [1.82, 2.24) is 25.4 Å². The first kappa shape index (κ1) is 19.2. The van der Waals surface area contributed by atoms with Gasteiger partial charge >= 0.3 is 0 Å². The highest BCUT2D eigenvalue weighted by Gasteiger charge is 2.38. The topological polar surface area (TPSA) is 76.4 Å². The number of aromatic nitrogens is 3. The van der Waals surface area contributed by atoms with E-state index in [2.05, 4.69) is 27.4 Å². The number of aliphatic imine (C=N–C) groups is 1. The predicted molar refractivity (Wildman–Crippen MR) is 106 cm³/mol. The lowest BCUT2D eigenvalue weighted by Crippen LogP contribution is -2.52. The number of nitrogens with one attached hydrogen (secondary N) is 2. The molecule has 2 saturated heterocycles. The van der Waals surface area contributed by atoms with E-state index in [1.807, 2.05) is 36.4 Å². The lowest BCUT2D eigenvalue weighted by Gasteiger charge is -2.43. The van der Waals surface area contributed by atoms with Gasteiger partial charge in [0.15, 0.2) is 11.8 Å². The fourth-order valence-electron chi connectivity index (χ4n) is 3.50. The monoisotopic (exact) mass is 378 g/mol. The average Bonchev–Trinajstić information content (AvgIpc) is 2.96. The molecule has 2 fully saturated rings. The first-order chi connectivity index (χ1) is 12.6. The van der Waals surface area contributed by atoms with Crippen LogP contribution in [0.5, 0.6) is 0 Å². The number of hydrogen-bond acceptors (Lipinski definition) is 5. The van der Waals surface area contributed by atoms with Crippen LogP contribution in [0.2, 0.25) is 0 Å². The molecule has 26 heavy (non-hydrogen) atoms. The maximum Gasteiger partial charge on any atom is 0.192 e. The lowest BCUT2D eigenvalue weighted by molar-refractivity contribution is -0.0912. The summed E-state index contributed by atoms with van der Waals surface area (Å²) in [6.45, 7) is 7.72. The normalized spacial score (nSPS) is 23.0. The van der Waals surface area contributed by atoms with E-state index in [1.165, 1.54) is 11.5 Å². The Bertz CT molecular complexity index is 632. The number of rotatable bonds is 5. The smallest absolute Gasteiger partial charge is 0.192 e. The second-order valence-electron chi connectivity index (χ2n) is 7.03. The minimum Gasteiger partial charge on any atom is -0.375 e. The van der Waals surface area contributed by atoms with Crippen molar-refractivity contribution in [3.8, 4) is 0 Å². The van der Waals surface area contributed by atoms with Gasteiger partial charge in [0.1, 0.15) is 12.4 Å². The molecule has 144 valence electrons. The molecule has 0 saturated carbocycles. The highest BCUT2D eigenvalue weighted by Crippen LogP contribution is 2.37. The Kier molecular flexibility index (Phi) is 6.58. The van der Waals surface area contributed by atoms with E-state index in [1.54, 1.807) is 0 Å². The molecule has 3 heterocycles. The first-order valence-corrected chi connectivity index (χ1v) is 10.5. The molecule has 3 rings (SSSR count). The minimum absolute atomic E-state index is 0.0609. The van der Waals surface area contributed by atoms with Crippen LogP contribution in [0.3, 0.4) is 0 Å². The van der Waals surface area contributed by atoms with Crippen LogP contribution >= 0.6 is 11.8 Å². The van der Waals surface area contributed by atoms with Crippen molar-refractivity contribution >= 4 is 17.7 Å². The third kappa shape index (κ3) is 4.79. The first-order valence-electron chi connectivity index (χ1n) is 9.34. The van der Waals surface area contributed by atoms with Crippen molar-refractivity contribution in [3.63, 3.8) is 0 Å². The zero-order valence-electron chi connectivity index (χ0n) is 15.8. The van der Waals surface area contributed by atoms with E-state index < -0.39 is 0 Å². The molecule has 0 aromatic carbocycles. The molecule has 2 aliphatic heterocycles. The Morgan fingerprint density at radius 1 is 1.46 bits per heavy atom. The van der Waals surface area contributed by atoms with Crippen molar-refractivity contribution in [2.24, 2.45) is 12.0 Å². The summed E-state index contributed by atoms with van der Waals surface area (Å²) >= 11 is 2.04. The number of thioether (sulfide) groups is 1. The maximum absolute atomic E-state index is 6.20. The fraction of sp³-hybridized carbons (Fsp3) is 0.722. The number of guanidine groups is 1. The molecule has 8 heteroatoms. The van der Waals surface area contributed by atoms with Crippen LogP contribution in [0.25, 0.3) is 0 Å². The van der Waals surface area contributed by atoms with E-state index in [4.69, 9.17) is 9.73 Å². The van der Waals surface area contributed by atoms with Crippen LogP contribution < -0.4 is 10.6 Å². The molecule has 1 unspecified atom stereocenters. The predicted octanol–water partition coefficient (Wildman–Crippen LogP) is 1.79. The average molecular weight is 379 g/mol. The van der Waals surface area contributed by atoms with Gasteiger partial charge in [0, 0.05) is 26.2 Å². The molecule has 1 spiro atoms. The van der Waals surface area contributed by atoms with Crippen LogP contribution in [0.1, 0.15) is 37.3 Å². The van der Waals surface area contributed by atoms with Crippen LogP contribution in [0.15, 0.2) is 17.6 Å². The Morgan fingerprint density at radius 3 is 2.96 bits per heavy atom. The summed E-state index contributed by atoms with van der Waals surface area (Å²) in [6, 6.07) is 0.379. The lowest BCUT2D eigenvalue weighted by atomic mass is 9.85. The van der Waals surface area contributed by atoms with Crippen molar-refractivity contribution in [2.75, 3.05) is 24.7 Å². The van der Waals surface area contributed by atoms with Gasteiger partial charge in [0.2, 0.25) is 0 Å². The van der Waals surface area contributed by atoms with Crippen LogP contribution in [0, 0.1) is 6.92 Å². The highest BCUT2D eigenvalue weighted by atomic mass is 32.2. The molecule has 2 aliphatic rings. The second kappa shape index (κ2) is 8.90.